The van der Waals surface area contributed by atoms with Gasteiger partial charge in [-0.3, -0.25) is 5.10 Å². The van der Waals surface area contributed by atoms with Crippen molar-refractivity contribution in [2.45, 2.75) is 34.6 Å². The Balaban J connectivity index is 2.78. The molecule has 1 aromatic carbocycles. The van der Waals surface area contributed by atoms with Gasteiger partial charge >= 0.3 is 0 Å². The minimum absolute atomic E-state index is 1.02. The van der Waals surface area contributed by atoms with Gasteiger partial charge in [0.05, 0.1) is 11.4 Å². The second-order valence-corrected chi connectivity index (χ2v) is 4.96. The zero-order valence-corrected chi connectivity index (χ0v) is 12.0. The minimum atomic E-state index is 1.02. The Morgan fingerprint density at radius 3 is 2.06 bits per heavy atom. The molecule has 0 fully saturated rings. The maximum atomic E-state index is 4.47. The van der Waals surface area contributed by atoms with Crippen LogP contribution < -0.4 is 5.32 Å². The van der Waals surface area contributed by atoms with Crippen molar-refractivity contribution < 1.29 is 0 Å². The zero-order valence-electron chi connectivity index (χ0n) is 12.0. The summed E-state index contributed by atoms with van der Waals surface area (Å²) in [6, 6.07) is 2.24. The molecule has 96 valence electrons. The van der Waals surface area contributed by atoms with Crippen LogP contribution in [0.4, 0.5) is 5.69 Å². The van der Waals surface area contributed by atoms with Gasteiger partial charge in [-0.1, -0.05) is 6.07 Å². The molecule has 0 saturated heterocycles. The zero-order chi connectivity index (χ0) is 13.4. The van der Waals surface area contributed by atoms with Gasteiger partial charge in [0.1, 0.15) is 5.69 Å². The molecule has 2 rings (SSSR count). The Hall–Kier alpha value is -1.77. The summed E-state index contributed by atoms with van der Waals surface area (Å²) in [7, 11) is 1.94. The van der Waals surface area contributed by atoms with Crippen molar-refractivity contribution in [2.24, 2.45) is 0 Å². The molecule has 18 heavy (non-hydrogen) atoms. The van der Waals surface area contributed by atoms with Crippen LogP contribution in [0.15, 0.2) is 6.07 Å². The molecule has 0 saturated carbocycles. The monoisotopic (exact) mass is 243 g/mol. The number of aromatic amines is 1. The van der Waals surface area contributed by atoms with E-state index in [1.54, 1.807) is 0 Å². The molecule has 0 spiro atoms. The maximum absolute atomic E-state index is 4.47. The summed E-state index contributed by atoms with van der Waals surface area (Å²) >= 11 is 0. The van der Waals surface area contributed by atoms with Crippen LogP contribution in [0.5, 0.6) is 0 Å². The Morgan fingerprint density at radius 2 is 1.56 bits per heavy atom. The van der Waals surface area contributed by atoms with Gasteiger partial charge in [0.15, 0.2) is 0 Å². The Bertz CT molecular complexity index is 568. The van der Waals surface area contributed by atoms with Gasteiger partial charge in [0, 0.05) is 12.6 Å². The maximum Gasteiger partial charge on any atom is 0.116 e. The fourth-order valence-corrected chi connectivity index (χ4v) is 2.49. The largest absolute Gasteiger partial charge is 0.385 e. The average Bonchev–Trinajstić information content (AvgIpc) is 2.68. The summed E-state index contributed by atoms with van der Waals surface area (Å²) in [6.45, 7) is 10.7. The quantitative estimate of drug-likeness (QED) is 0.845. The van der Waals surface area contributed by atoms with Crippen molar-refractivity contribution in [1.82, 2.24) is 10.2 Å². The lowest BCUT2D eigenvalue weighted by molar-refractivity contribution is 1.05. The summed E-state index contributed by atoms with van der Waals surface area (Å²) in [5, 5.41) is 10.8. The van der Waals surface area contributed by atoms with Gasteiger partial charge in [-0.15, -0.1) is 0 Å². The number of anilines is 1. The van der Waals surface area contributed by atoms with Gasteiger partial charge in [0.25, 0.3) is 0 Å². The second kappa shape index (κ2) is 4.48. The summed E-state index contributed by atoms with van der Waals surface area (Å²) in [4.78, 5) is 0. The number of aryl methyl sites for hydroxylation is 3. The molecule has 0 aliphatic carbocycles. The lowest BCUT2D eigenvalue weighted by Gasteiger charge is -2.15. The molecule has 0 radical (unpaired) electrons. The van der Waals surface area contributed by atoms with E-state index in [0.29, 0.717) is 0 Å². The van der Waals surface area contributed by atoms with Crippen LogP contribution in [0.25, 0.3) is 11.3 Å². The van der Waals surface area contributed by atoms with Gasteiger partial charge in [0.2, 0.25) is 0 Å². The van der Waals surface area contributed by atoms with Gasteiger partial charge < -0.3 is 5.32 Å². The number of nitrogens with one attached hydrogen (secondary N) is 2. The Labute approximate surface area is 109 Å². The van der Waals surface area contributed by atoms with E-state index in [1.165, 1.54) is 27.8 Å². The third-order valence-electron chi connectivity index (χ3n) is 3.80. The van der Waals surface area contributed by atoms with Crippen molar-refractivity contribution in [2.75, 3.05) is 12.4 Å². The Morgan fingerprint density at radius 1 is 1.00 bits per heavy atom. The van der Waals surface area contributed by atoms with Crippen molar-refractivity contribution in [3.8, 4) is 11.3 Å². The molecule has 1 aromatic heterocycles. The first-order valence-electron chi connectivity index (χ1n) is 6.27. The summed E-state index contributed by atoms with van der Waals surface area (Å²) < 4.78 is 0. The fraction of sp³-hybridized carbons (Fsp3) is 0.400. The van der Waals surface area contributed by atoms with E-state index in [0.717, 1.165) is 17.1 Å². The van der Waals surface area contributed by atoms with Crippen molar-refractivity contribution >= 4 is 5.69 Å². The van der Waals surface area contributed by atoms with E-state index < -0.39 is 0 Å². The first kappa shape index (κ1) is 12.7. The molecule has 0 amide bonds. The summed E-state index contributed by atoms with van der Waals surface area (Å²) in [6.07, 6.45) is 0. The highest BCUT2D eigenvalue weighted by Gasteiger charge is 2.17. The van der Waals surface area contributed by atoms with Gasteiger partial charge in [-0.2, -0.15) is 5.10 Å². The van der Waals surface area contributed by atoms with E-state index in [1.807, 2.05) is 14.0 Å². The number of benzene rings is 1. The summed E-state index contributed by atoms with van der Waals surface area (Å²) in [5.41, 5.74) is 9.68. The molecule has 3 heteroatoms. The van der Waals surface area contributed by atoms with Gasteiger partial charge in [-0.05, 0) is 56.9 Å². The third kappa shape index (κ3) is 1.80. The van der Waals surface area contributed by atoms with E-state index in [4.69, 9.17) is 0 Å². The predicted molar refractivity (Wildman–Crippen MR) is 77.3 cm³/mol. The van der Waals surface area contributed by atoms with E-state index in [-0.39, 0.29) is 0 Å². The highest BCUT2D eigenvalue weighted by molar-refractivity contribution is 5.81. The van der Waals surface area contributed by atoms with Crippen LogP contribution in [0.1, 0.15) is 27.9 Å². The first-order valence-corrected chi connectivity index (χ1v) is 6.27. The molecule has 0 aliphatic rings. The summed E-state index contributed by atoms with van der Waals surface area (Å²) in [5.74, 6) is 0. The normalized spacial score (nSPS) is 10.8. The van der Waals surface area contributed by atoms with Crippen LogP contribution in [0, 0.1) is 34.6 Å². The van der Waals surface area contributed by atoms with Gasteiger partial charge in [-0.25, -0.2) is 0 Å². The molecule has 3 nitrogen and oxygen atoms in total. The topological polar surface area (TPSA) is 40.7 Å². The highest BCUT2D eigenvalue weighted by atomic mass is 15.1. The van der Waals surface area contributed by atoms with Crippen LogP contribution in [-0.4, -0.2) is 17.2 Å². The molecule has 0 aliphatic heterocycles. The van der Waals surface area contributed by atoms with E-state index in [2.05, 4.69) is 49.3 Å². The van der Waals surface area contributed by atoms with Crippen LogP contribution in [0.3, 0.4) is 0 Å². The van der Waals surface area contributed by atoms with Crippen LogP contribution in [-0.2, 0) is 0 Å². The third-order valence-corrected chi connectivity index (χ3v) is 3.80. The molecule has 0 unspecified atom stereocenters. The SMILES string of the molecule is CNc1c(-c2c(C)c(C)cc(C)c2C)n[nH]c1C. The van der Waals surface area contributed by atoms with Crippen molar-refractivity contribution in [3.63, 3.8) is 0 Å². The average molecular weight is 243 g/mol. The molecule has 1 heterocycles. The smallest absolute Gasteiger partial charge is 0.116 e. The molecular weight excluding hydrogens is 222 g/mol. The minimum Gasteiger partial charge on any atom is -0.385 e. The number of nitrogens with zero attached hydrogens (tertiary/aromatic N) is 1. The molecular formula is C15H21N3. The Kier molecular flexibility index (Phi) is 3.16. The lowest BCUT2D eigenvalue weighted by Crippen LogP contribution is -1.98. The first-order chi connectivity index (χ1) is 8.47. The highest BCUT2D eigenvalue weighted by Crippen LogP contribution is 2.35. The predicted octanol–water partition coefficient (Wildman–Crippen LogP) is 3.66. The second-order valence-electron chi connectivity index (χ2n) is 4.96. The number of hydrogen-bond donors (Lipinski definition) is 2. The molecule has 2 N–H and O–H groups in total. The number of aromatic nitrogens is 2. The fourth-order valence-electron chi connectivity index (χ4n) is 2.49. The van der Waals surface area contributed by atoms with Crippen LogP contribution >= 0.6 is 0 Å². The van der Waals surface area contributed by atoms with E-state index >= 15 is 0 Å². The van der Waals surface area contributed by atoms with Crippen LogP contribution in [0.2, 0.25) is 0 Å². The number of H-pyrrole nitrogens is 1. The van der Waals surface area contributed by atoms with Crippen molar-refractivity contribution in [1.29, 1.82) is 0 Å². The molecule has 0 atom stereocenters. The number of hydrogen-bond acceptors (Lipinski definition) is 2. The molecule has 0 bridgehead atoms. The van der Waals surface area contributed by atoms with E-state index in [9.17, 15) is 0 Å². The number of rotatable bonds is 2. The standard InChI is InChI=1S/C15H21N3/c1-8-7-9(2)11(4)13(10(8)3)15-14(16-6)12(5)17-18-15/h7,16H,1-6H3,(H,17,18). The lowest BCUT2D eigenvalue weighted by atomic mass is 9.91. The van der Waals surface area contributed by atoms with Crippen molar-refractivity contribution in [3.05, 3.63) is 34.0 Å². The molecule has 2 aromatic rings.